The molecule has 1 aliphatic heterocycles. The van der Waals surface area contributed by atoms with Crippen molar-refractivity contribution in [1.82, 2.24) is 20.5 Å². The molecule has 0 aliphatic carbocycles. The molecule has 276 valence electrons. The van der Waals surface area contributed by atoms with E-state index in [2.05, 4.69) is 15.6 Å². The number of aliphatic hydroxyl groups is 1. The summed E-state index contributed by atoms with van der Waals surface area (Å²) in [6.07, 6.45) is -0.775. The first-order chi connectivity index (χ1) is 24.4. The molecule has 1 unspecified atom stereocenters. The minimum absolute atomic E-state index is 0.0192. The van der Waals surface area contributed by atoms with E-state index < -0.39 is 41.4 Å². The molecule has 0 spiro atoms. The summed E-state index contributed by atoms with van der Waals surface area (Å²) in [5.74, 6) is -1.80. The lowest BCUT2D eigenvalue weighted by Crippen LogP contribution is -2.58. The molecule has 0 saturated carbocycles. The van der Waals surface area contributed by atoms with E-state index in [0.29, 0.717) is 0 Å². The van der Waals surface area contributed by atoms with Crippen molar-refractivity contribution < 1.29 is 43.2 Å². The molecule has 1 aliphatic rings. The van der Waals surface area contributed by atoms with Crippen LogP contribution in [0, 0.1) is 12.3 Å². The van der Waals surface area contributed by atoms with Gasteiger partial charge < -0.3 is 39.6 Å². The molecular formula is C37H48N4O9S. The molecule has 0 bridgehead atoms. The number of hydrogen-bond donors (Lipinski definition) is 3. The van der Waals surface area contributed by atoms with Crippen molar-refractivity contribution in [3.8, 4) is 10.4 Å². The number of β-amino-alcohol motifs (C(OH)–C–C–N with tert-alkyl or cyclic N) is 1. The second-order valence-corrected chi connectivity index (χ2v) is 14.2. The number of carbonyl (C=O) groups is 4. The fraction of sp³-hybridized carbons (Fsp3) is 0.486. The van der Waals surface area contributed by atoms with Gasteiger partial charge in [0, 0.05) is 19.5 Å². The Morgan fingerprint density at radius 3 is 2.25 bits per heavy atom. The fourth-order valence-corrected chi connectivity index (χ4v) is 6.23. The van der Waals surface area contributed by atoms with Gasteiger partial charge in [-0.1, -0.05) is 75.4 Å². The van der Waals surface area contributed by atoms with Crippen molar-refractivity contribution in [3.63, 3.8) is 0 Å². The zero-order valence-electron chi connectivity index (χ0n) is 29.6. The number of carbonyl (C=O) groups excluding carboxylic acids is 4. The van der Waals surface area contributed by atoms with Crippen molar-refractivity contribution in [2.75, 3.05) is 46.2 Å². The molecule has 3 aromatic rings. The highest BCUT2D eigenvalue weighted by atomic mass is 32.1. The van der Waals surface area contributed by atoms with Crippen LogP contribution < -0.4 is 10.6 Å². The van der Waals surface area contributed by atoms with E-state index in [-0.39, 0.29) is 71.7 Å². The van der Waals surface area contributed by atoms with Crippen molar-refractivity contribution in [2.24, 2.45) is 5.41 Å². The predicted octanol–water partition coefficient (Wildman–Crippen LogP) is 3.02. The third-order valence-electron chi connectivity index (χ3n) is 8.15. The quantitative estimate of drug-likeness (QED) is 0.131. The van der Waals surface area contributed by atoms with Crippen LogP contribution in [0.3, 0.4) is 0 Å². The maximum absolute atomic E-state index is 13.8. The summed E-state index contributed by atoms with van der Waals surface area (Å²) in [7, 11) is 0. The fourth-order valence-electron chi connectivity index (χ4n) is 5.42. The van der Waals surface area contributed by atoms with Gasteiger partial charge in [-0.05, 0) is 29.0 Å². The van der Waals surface area contributed by atoms with Crippen molar-refractivity contribution >= 4 is 35.0 Å². The molecule has 3 atom stereocenters. The zero-order valence-corrected chi connectivity index (χ0v) is 30.4. The van der Waals surface area contributed by atoms with Crippen LogP contribution in [-0.2, 0) is 51.3 Å². The lowest BCUT2D eigenvalue weighted by Gasteiger charge is -2.35. The summed E-state index contributed by atoms with van der Waals surface area (Å²) in [4.78, 5) is 58.4. The van der Waals surface area contributed by atoms with E-state index in [1.807, 2.05) is 82.3 Å². The summed E-state index contributed by atoms with van der Waals surface area (Å²) >= 11 is 1.57. The Bertz CT molecular complexity index is 1580. The number of aromatic nitrogens is 1. The molecule has 13 nitrogen and oxygen atoms in total. The maximum atomic E-state index is 13.8. The number of likely N-dealkylation sites (tertiary alicyclic amines) is 1. The Morgan fingerprint density at radius 2 is 1.61 bits per heavy atom. The van der Waals surface area contributed by atoms with E-state index >= 15 is 0 Å². The van der Waals surface area contributed by atoms with Crippen LogP contribution >= 0.6 is 11.3 Å². The summed E-state index contributed by atoms with van der Waals surface area (Å²) in [5.41, 5.74) is 4.90. The normalized spacial score (nSPS) is 16.5. The first kappa shape index (κ1) is 39.6. The van der Waals surface area contributed by atoms with Crippen molar-refractivity contribution in [2.45, 2.75) is 65.5 Å². The molecule has 3 amide bonds. The minimum atomic E-state index is -0.968. The average Bonchev–Trinajstić information content (AvgIpc) is 3.73. The van der Waals surface area contributed by atoms with Crippen LogP contribution in [0.5, 0.6) is 0 Å². The Hall–Kier alpha value is -4.21. The molecule has 4 rings (SSSR count). The number of amides is 3. The maximum Gasteiger partial charge on any atom is 0.332 e. The van der Waals surface area contributed by atoms with E-state index in [1.54, 1.807) is 16.8 Å². The first-order valence-corrected chi connectivity index (χ1v) is 17.8. The van der Waals surface area contributed by atoms with Crippen molar-refractivity contribution in [3.05, 3.63) is 76.9 Å². The molecule has 0 radical (unpaired) electrons. The third kappa shape index (κ3) is 12.5. The number of nitrogens with one attached hydrogen (secondary N) is 2. The lowest BCUT2D eigenvalue weighted by atomic mass is 9.85. The molecular weight excluding hydrogens is 676 g/mol. The van der Waals surface area contributed by atoms with Crippen LogP contribution in [0.25, 0.3) is 10.4 Å². The van der Waals surface area contributed by atoms with Crippen LogP contribution in [0.15, 0.2) is 60.1 Å². The number of rotatable bonds is 18. The Morgan fingerprint density at radius 1 is 0.941 bits per heavy atom. The number of hydrogen-bond acceptors (Lipinski definition) is 11. The summed E-state index contributed by atoms with van der Waals surface area (Å²) in [6, 6.07) is 15.3. The Kier molecular flexibility index (Phi) is 15.1. The molecule has 1 fully saturated rings. The average molecular weight is 725 g/mol. The predicted molar refractivity (Wildman–Crippen MR) is 190 cm³/mol. The number of aryl methyl sites for hydroxylation is 1. The van der Waals surface area contributed by atoms with Crippen LogP contribution in [-0.4, -0.2) is 103 Å². The van der Waals surface area contributed by atoms with Gasteiger partial charge in [-0.15, -0.1) is 11.3 Å². The minimum Gasteiger partial charge on any atom is -0.459 e. The smallest absolute Gasteiger partial charge is 0.332 e. The van der Waals surface area contributed by atoms with E-state index in [4.69, 9.17) is 18.9 Å². The Labute approximate surface area is 302 Å². The number of ether oxygens (including phenoxy) is 4. The molecule has 2 heterocycles. The van der Waals surface area contributed by atoms with Gasteiger partial charge in [0.15, 0.2) is 0 Å². The van der Waals surface area contributed by atoms with Gasteiger partial charge in [-0.25, -0.2) is 9.78 Å². The van der Waals surface area contributed by atoms with Gasteiger partial charge in [-0.2, -0.15) is 0 Å². The SMILES string of the molecule is Cc1ncsc1-c1ccc(CNC(=O)[C@@H]2C[C@@H](O)CN2C(=O)C(NC(=O)COCCOCCOCC(=O)OCc2ccccc2)C(C)(C)C)cc1. The van der Waals surface area contributed by atoms with Gasteiger partial charge in [-0.3, -0.25) is 14.4 Å². The second kappa shape index (κ2) is 19.4. The van der Waals surface area contributed by atoms with Gasteiger partial charge in [0.2, 0.25) is 17.7 Å². The first-order valence-electron chi connectivity index (χ1n) is 16.9. The zero-order chi connectivity index (χ0) is 36.8. The molecule has 14 heteroatoms. The highest BCUT2D eigenvalue weighted by Gasteiger charge is 2.44. The van der Waals surface area contributed by atoms with Crippen LogP contribution in [0.4, 0.5) is 0 Å². The van der Waals surface area contributed by atoms with E-state index in [1.165, 1.54) is 4.90 Å². The number of esters is 1. The van der Waals surface area contributed by atoms with Crippen molar-refractivity contribution in [1.29, 1.82) is 0 Å². The molecule has 1 aromatic heterocycles. The standard InChI is InChI=1S/C37H48N4O9S/c1-25-33(51-24-39-25)28-12-10-26(11-13-28)19-38-35(45)30-18-29(42)20-41(30)36(46)34(37(2,3)4)40-31(43)22-48-16-14-47-15-17-49-23-32(44)50-21-27-8-6-5-7-9-27/h5-13,24,29-30,34,42H,14-23H2,1-4H3,(H,38,45)(H,40,43)/t29-,30+,34?/m1/s1. The third-order valence-corrected chi connectivity index (χ3v) is 9.13. The topological polar surface area (TPSA) is 166 Å². The summed E-state index contributed by atoms with van der Waals surface area (Å²) in [5, 5.41) is 16.1. The molecule has 2 aromatic carbocycles. The summed E-state index contributed by atoms with van der Waals surface area (Å²) < 4.78 is 21.3. The molecule has 1 saturated heterocycles. The lowest BCUT2D eigenvalue weighted by molar-refractivity contribution is -0.150. The van der Waals surface area contributed by atoms with E-state index in [0.717, 1.165) is 27.3 Å². The summed E-state index contributed by atoms with van der Waals surface area (Å²) in [6.45, 7) is 8.04. The Balaban J connectivity index is 1.15. The van der Waals surface area contributed by atoms with Crippen LogP contribution in [0.2, 0.25) is 0 Å². The molecule has 51 heavy (non-hydrogen) atoms. The monoisotopic (exact) mass is 724 g/mol. The highest BCUT2D eigenvalue weighted by Crippen LogP contribution is 2.28. The number of aliphatic hydroxyl groups excluding tert-OH is 1. The largest absolute Gasteiger partial charge is 0.459 e. The second-order valence-electron chi connectivity index (χ2n) is 13.3. The van der Waals surface area contributed by atoms with E-state index in [9.17, 15) is 24.3 Å². The number of thiazole rings is 1. The van der Waals surface area contributed by atoms with Gasteiger partial charge in [0.1, 0.15) is 31.9 Å². The highest BCUT2D eigenvalue weighted by molar-refractivity contribution is 7.13. The molecule has 3 N–H and O–H groups in total. The number of nitrogens with zero attached hydrogens (tertiary/aromatic N) is 2. The van der Waals surface area contributed by atoms with Gasteiger partial charge >= 0.3 is 5.97 Å². The number of benzene rings is 2. The van der Waals surface area contributed by atoms with Crippen LogP contribution in [0.1, 0.15) is 44.0 Å². The van der Waals surface area contributed by atoms with Gasteiger partial charge in [0.05, 0.1) is 48.6 Å². The van der Waals surface area contributed by atoms with Gasteiger partial charge in [0.25, 0.3) is 0 Å².